The summed E-state index contributed by atoms with van der Waals surface area (Å²) in [7, 11) is 1.63. The van der Waals surface area contributed by atoms with Gasteiger partial charge in [-0.25, -0.2) is 0 Å². The lowest BCUT2D eigenvalue weighted by molar-refractivity contribution is -0.116. The summed E-state index contributed by atoms with van der Waals surface area (Å²) in [6.07, 6.45) is 2.66. The summed E-state index contributed by atoms with van der Waals surface area (Å²) in [4.78, 5) is 15.9. The van der Waals surface area contributed by atoms with Crippen LogP contribution in [-0.2, 0) is 11.2 Å². The second kappa shape index (κ2) is 7.77. The molecule has 0 spiro atoms. The molecule has 124 valence electrons. The maximum Gasteiger partial charge on any atom is 0.163 e. The van der Waals surface area contributed by atoms with E-state index in [2.05, 4.69) is 17.1 Å². The molecule has 4 heteroatoms. The Hall–Kier alpha value is -2.62. The molecule has 0 aliphatic heterocycles. The van der Waals surface area contributed by atoms with Gasteiger partial charge in [0.15, 0.2) is 11.5 Å². The van der Waals surface area contributed by atoms with Crippen LogP contribution in [0.1, 0.15) is 24.8 Å². The molecule has 0 saturated heterocycles. The molecule has 0 atom stereocenters. The number of hydrogen-bond acceptors (Lipinski definition) is 4. The van der Waals surface area contributed by atoms with E-state index in [4.69, 9.17) is 9.47 Å². The van der Waals surface area contributed by atoms with Gasteiger partial charge in [0, 0.05) is 31.0 Å². The van der Waals surface area contributed by atoms with Crippen LogP contribution in [0.5, 0.6) is 11.5 Å². The molecule has 0 N–H and O–H groups in total. The summed E-state index contributed by atoms with van der Waals surface area (Å²) < 4.78 is 11.3. The molecule has 2 aromatic carbocycles. The topological polar surface area (TPSA) is 47.9 Å². The summed E-state index contributed by atoms with van der Waals surface area (Å²) in [5, 5.41) is 0. The van der Waals surface area contributed by atoms with Crippen LogP contribution in [0.25, 0.3) is 0 Å². The number of ketones is 1. The van der Waals surface area contributed by atoms with E-state index in [9.17, 15) is 4.79 Å². The number of carbonyl (C=O) groups excluding carboxylic acids is 1. The number of nitrogens with zero attached hydrogens (tertiary/aromatic N) is 1. The van der Waals surface area contributed by atoms with E-state index >= 15 is 0 Å². The Morgan fingerprint density at radius 2 is 1.88 bits per heavy atom. The van der Waals surface area contributed by atoms with Gasteiger partial charge >= 0.3 is 0 Å². The SMILES string of the molecule is COc1ccc(N=C2CCC(=O)C2)cc1OCCc1ccccc1. The Labute approximate surface area is 142 Å². The van der Waals surface area contributed by atoms with Crippen LogP contribution in [0.3, 0.4) is 0 Å². The van der Waals surface area contributed by atoms with Crippen LogP contribution in [0, 0.1) is 0 Å². The van der Waals surface area contributed by atoms with E-state index in [1.54, 1.807) is 7.11 Å². The third kappa shape index (κ3) is 4.22. The van der Waals surface area contributed by atoms with Crippen molar-refractivity contribution in [1.29, 1.82) is 0 Å². The average molecular weight is 323 g/mol. The largest absolute Gasteiger partial charge is 0.493 e. The number of rotatable bonds is 6. The smallest absolute Gasteiger partial charge is 0.163 e. The highest BCUT2D eigenvalue weighted by atomic mass is 16.5. The lowest BCUT2D eigenvalue weighted by atomic mass is 10.2. The Kier molecular flexibility index (Phi) is 5.26. The zero-order valence-corrected chi connectivity index (χ0v) is 13.8. The van der Waals surface area contributed by atoms with Gasteiger partial charge in [0.2, 0.25) is 0 Å². The maximum atomic E-state index is 11.4. The number of methoxy groups -OCH3 is 1. The van der Waals surface area contributed by atoms with Crippen LogP contribution < -0.4 is 9.47 Å². The van der Waals surface area contributed by atoms with Crippen LogP contribution >= 0.6 is 0 Å². The summed E-state index contributed by atoms with van der Waals surface area (Å²) in [5.41, 5.74) is 2.98. The first kappa shape index (κ1) is 16.2. The molecule has 0 amide bonds. The normalized spacial score (nSPS) is 15.7. The van der Waals surface area contributed by atoms with E-state index in [-0.39, 0.29) is 5.78 Å². The van der Waals surface area contributed by atoms with Crippen molar-refractivity contribution in [3.63, 3.8) is 0 Å². The van der Waals surface area contributed by atoms with Crippen LogP contribution in [0.4, 0.5) is 5.69 Å². The summed E-state index contributed by atoms with van der Waals surface area (Å²) >= 11 is 0. The zero-order valence-electron chi connectivity index (χ0n) is 13.8. The highest BCUT2D eigenvalue weighted by molar-refractivity contribution is 6.09. The quantitative estimate of drug-likeness (QED) is 0.802. The molecular formula is C20H21NO3. The van der Waals surface area contributed by atoms with E-state index in [1.165, 1.54) is 5.56 Å². The van der Waals surface area contributed by atoms with Gasteiger partial charge in [-0.05, 0) is 24.1 Å². The van der Waals surface area contributed by atoms with Crippen LogP contribution in [0.2, 0.25) is 0 Å². The number of carbonyl (C=O) groups is 1. The predicted molar refractivity (Wildman–Crippen MR) is 94.6 cm³/mol. The maximum absolute atomic E-state index is 11.4. The molecular weight excluding hydrogens is 302 g/mol. The van der Waals surface area contributed by atoms with Crippen molar-refractivity contribution in [2.45, 2.75) is 25.7 Å². The van der Waals surface area contributed by atoms with Crippen molar-refractivity contribution in [3.05, 3.63) is 54.1 Å². The fraction of sp³-hybridized carbons (Fsp3) is 0.300. The monoisotopic (exact) mass is 323 g/mol. The minimum Gasteiger partial charge on any atom is -0.493 e. The third-order valence-electron chi connectivity index (χ3n) is 4.02. The number of aliphatic imine (C=N–C) groups is 1. The zero-order chi connectivity index (χ0) is 16.8. The predicted octanol–water partition coefficient (Wildman–Crippen LogP) is 4.14. The van der Waals surface area contributed by atoms with Gasteiger partial charge in [-0.2, -0.15) is 0 Å². The van der Waals surface area contributed by atoms with E-state index < -0.39 is 0 Å². The summed E-state index contributed by atoms with van der Waals surface area (Å²) in [6.45, 7) is 0.568. The van der Waals surface area contributed by atoms with E-state index in [0.29, 0.717) is 30.9 Å². The van der Waals surface area contributed by atoms with Crippen molar-refractivity contribution in [2.75, 3.05) is 13.7 Å². The second-order valence-electron chi connectivity index (χ2n) is 5.81. The first-order chi connectivity index (χ1) is 11.7. The molecule has 1 aliphatic rings. The first-order valence-electron chi connectivity index (χ1n) is 8.17. The minimum atomic E-state index is 0.265. The lowest BCUT2D eigenvalue weighted by Gasteiger charge is -2.11. The lowest BCUT2D eigenvalue weighted by Crippen LogP contribution is -2.02. The van der Waals surface area contributed by atoms with E-state index in [1.807, 2.05) is 36.4 Å². The first-order valence-corrected chi connectivity index (χ1v) is 8.17. The Morgan fingerprint density at radius 1 is 1.04 bits per heavy atom. The highest BCUT2D eigenvalue weighted by Crippen LogP contribution is 2.32. The molecule has 4 nitrogen and oxygen atoms in total. The van der Waals surface area contributed by atoms with Crippen molar-refractivity contribution < 1.29 is 14.3 Å². The average Bonchev–Trinajstić information content (AvgIpc) is 3.01. The minimum absolute atomic E-state index is 0.265. The molecule has 3 rings (SSSR count). The van der Waals surface area contributed by atoms with Gasteiger partial charge in [0.05, 0.1) is 19.4 Å². The van der Waals surface area contributed by atoms with Crippen molar-refractivity contribution >= 4 is 17.2 Å². The van der Waals surface area contributed by atoms with Crippen LogP contribution in [0.15, 0.2) is 53.5 Å². The molecule has 0 radical (unpaired) electrons. The molecule has 1 saturated carbocycles. The van der Waals surface area contributed by atoms with Crippen molar-refractivity contribution in [1.82, 2.24) is 0 Å². The van der Waals surface area contributed by atoms with Gasteiger partial charge in [0.25, 0.3) is 0 Å². The molecule has 1 aliphatic carbocycles. The standard InChI is InChI=1S/C20H21NO3/c1-23-19-10-8-17(21-16-7-9-18(22)13-16)14-20(19)24-12-11-15-5-3-2-4-6-15/h2-6,8,10,14H,7,9,11-13H2,1H3. The van der Waals surface area contributed by atoms with Gasteiger partial charge in [-0.1, -0.05) is 30.3 Å². The fourth-order valence-corrected chi connectivity index (χ4v) is 2.74. The summed E-state index contributed by atoms with van der Waals surface area (Å²) in [6, 6.07) is 15.8. The Bertz CT molecular complexity index is 738. The van der Waals surface area contributed by atoms with Gasteiger partial charge in [-0.15, -0.1) is 0 Å². The molecule has 0 heterocycles. The molecule has 0 aromatic heterocycles. The van der Waals surface area contributed by atoms with Crippen molar-refractivity contribution in [3.8, 4) is 11.5 Å². The van der Waals surface area contributed by atoms with Crippen molar-refractivity contribution in [2.24, 2.45) is 4.99 Å². The highest BCUT2D eigenvalue weighted by Gasteiger charge is 2.17. The second-order valence-corrected chi connectivity index (χ2v) is 5.81. The van der Waals surface area contributed by atoms with Crippen LogP contribution in [-0.4, -0.2) is 25.2 Å². The van der Waals surface area contributed by atoms with E-state index in [0.717, 1.165) is 24.2 Å². The molecule has 0 unspecified atom stereocenters. The molecule has 24 heavy (non-hydrogen) atoms. The third-order valence-corrected chi connectivity index (χ3v) is 4.02. The summed E-state index contributed by atoms with van der Waals surface area (Å²) in [5.74, 6) is 1.63. The van der Waals surface area contributed by atoms with Gasteiger partial charge < -0.3 is 9.47 Å². The Balaban J connectivity index is 1.69. The number of Topliss-reactive ketones (excluding diaryl/α,β-unsaturated/α-hetero) is 1. The number of benzene rings is 2. The molecule has 1 fully saturated rings. The van der Waals surface area contributed by atoms with Gasteiger partial charge in [0.1, 0.15) is 5.78 Å². The van der Waals surface area contributed by atoms with Gasteiger partial charge in [-0.3, -0.25) is 9.79 Å². The molecule has 2 aromatic rings. The fourth-order valence-electron chi connectivity index (χ4n) is 2.74. The Morgan fingerprint density at radius 3 is 2.58 bits per heavy atom. The molecule has 0 bridgehead atoms. The number of ether oxygens (including phenoxy) is 2. The number of hydrogen-bond donors (Lipinski definition) is 0.